The number of fused-ring (bicyclic) bond motifs is 1. The summed E-state index contributed by atoms with van der Waals surface area (Å²) in [7, 11) is 1.63. The molecule has 4 rings (SSSR count). The molecule has 0 N–H and O–H groups in total. The third-order valence-electron chi connectivity index (χ3n) is 5.03. The van der Waals surface area contributed by atoms with Gasteiger partial charge in [-0.25, -0.2) is 4.98 Å². The lowest BCUT2D eigenvalue weighted by Gasteiger charge is -2.14. The third-order valence-corrected chi connectivity index (χ3v) is 5.03. The lowest BCUT2D eigenvalue weighted by molar-refractivity contribution is 0.301. The van der Waals surface area contributed by atoms with E-state index in [1.807, 2.05) is 79.7 Å². The van der Waals surface area contributed by atoms with Gasteiger partial charge >= 0.3 is 0 Å². The second-order valence-corrected chi connectivity index (χ2v) is 7.15. The van der Waals surface area contributed by atoms with Crippen LogP contribution in [0.25, 0.3) is 22.3 Å². The first kappa shape index (κ1) is 19.7. The smallest absolute Gasteiger partial charge is 0.261 e. The van der Waals surface area contributed by atoms with Gasteiger partial charge in [0.15, 0.2) is 0 Å². The number of hydrogen-bond acceptors (Lipinski definition) is 4. The van der Waals surface area contributed by atoms with Gasteiger partial charge in [0.05, 0.1) is 24.6 Å². The Morgan fingerprint density at radius 3 is 2.33 bits per heavy atom. The van der Waals surface area contributed by atoms with Gasteiger partial charge in [-0.3, -0.25) is 9.36 Å². The molecule has 0 bridgehead atoms. The fourth-order valence-electron chi connectivity index (χ4n) is 3.38. The number of benzene rings is 3. The molecule has 0 radical (unpaired) electrons. The van der Waals surface area contributed by atoms with Crippen LogP contribution in [-0.2, 0) is 6.54 Å². The largest absolute Gasteiger partial charge is 0.497 e. The van der Waals surface area contributed by atoms with E-state index in [1.54, 1.807) is 11.7 Å². The number of methoxy groups -OCH3 is 1. The minimum absolute atomic E-state index is 0.0400. The van der Waals surface area contributed by atoms with Crippen LogP contribution in [0, 0.1) is 6.92 Å². The number of ether oxygens (including phenoxy) is 2. The molecule has 0 saturated carbocycles. The van der Waals surface area contributed by atoms with Gasteiger partial charge in [-0.1, -0.05) is 29.8 Å². The zero-order valence-electron chi connectivity index (χ0n) is 17.2. The predicted molar refractivity (Wildman–Crippen MR) is 119 cm³/mol. The molecule has 0 fully saturated rings. The number of para-hydroxylation sites is 1. The van der Waals surface area contributed by atoms with Gasteiger partial charge in [-0.15, -0.1) is 0 Å². The van der Waals surface area contributed by atoms with Crippen molar-refractivity contribution >= 4 is 10.9 Å². The number of aromatic nitrogens is 2. The lowest BCUT2D eigenvalue weighted by Crippen LogP contribution is -2.24. The molecule has 0 saturated heterocycles. The lowest BCUT2D eigenvalue weighted by atomic mass is 10.1. The normalized spacial score (nSPS) is 10.9. The summed E-state index contributed by atoms with van der Waals surface area (Å²) < 4.78 is 12.8. The number of aryl methyl sites for hydroxylation is 1. The average Bonchev–Trinajstić information content (AvgIpc) is 2.79. The van der Waals surface area contributed by atoms with Crippen LogP contribution in [0.5, 0.6) is 11.5 Å². The monoisotopic (exact) mass is 400 g/mol. The van der Waals surface area contributed by atoms with Gasteiger partial charge in [0.25, 0.3) is 5.56 Å². The van der Waals surface area contributed by atoms with Gasteiger partial charge in [0, 0.05) is 12.1 Å². The summed E-state index contributed by atoms with van der Waals surface area (Å²) in [5.41, 5.74) is 2.72. The summed E-state index contributed by atoms with van der Waals surface area (Å²) in [6.45, 7) is 3.08. The minimum atomic E-state index is -0.0400. The van der Waals surface area contributed by atoms with Crippen molar-refractivity contribution in [2.45, 2.75) is 19.9 Å². The molecule has 0 spiro atoms. The quantitative estimate of drug-likeness (QED) is 0.416. The van der Waals surface area contributed by atoms with Crippen LogP contribution in [0.15, 0.2) is 77.6 Å². The highest BCUT2D eigenvalue weighted by Gasteiger charge is 2.13. The van der Waals surface area contributed by atoms with E-state index >= 15 is 0 Å². The van der Waals surface area contributed by atoms with Crippen LogP contribution in [0.2, 0.25) is 0 Å². The highest BCUT2D eigenvalue weighted by atomic mass is 16.5. The Balaban J connectivity index is 1.61. The first-order chi connectivity index (χ1) is 14.7. The van der Waals surface area contributed by atoms with E-state index in [0.717, 1.165) is 17.1 Å². The molecule has 30 heavy (non-hydrogen) atoms. The molecule has 0 aliphatic heterocycles. The molecule has 1 aromatic heterocycles. The van der Waals surface area contributed by atoms with Gasteiger partial charge < -0.3 is 9.47 Å². The first-order valence-corrected chi connectivity index (χ1v) is 9.99. The maximum Gasteiger partial charge on any atom is 0.261 e. The standard InChI is InChI=1S/C25H24N2O3/c1-18-8-12-21(13-9-18)30-17-5-16-27-24(19-10-14-20(29-2)15-11-19)26-23-7-4-3-6-22(23)25(27)28/h3-4,6-15H,5,16-17H2,1-2H3. The Hall–Kier alpha value is -3.60. The second-order valence-electron chi connectivity index (χ2n) is 7.15. The second kappa shape index (κ2) is 8.82. The summed E-state index contributed by atoms with van der Waals surface area (Å²) in [6, 6.07) is 23.0. The summed E-state index contributed by atoms with van der Waals surface area (Å²) in [6.07, 6.45) is 0.691. The SMILES string of the molecule is COc1ccc(-c2nc3ccccc3c(=O)n2CCCOc2ccc(C)cc2)cc1. The Morgan fingerprint density at radius 1 is 0.900 bits per heavy atom. The first-order valence-electron chi connectivity index (χ1n) is 9.99. The van der Waals surface area contributed by atoms with Crippen LogP contribution < -0.4 is 15.0 Å². The molecule has 0 amide bonds. The molecular weight excluding hydrogens is 376 g/mol. The Bertz CT molecular complexity index is 1200. The Morgan fingerprint density at radius 2 is 1.60 bits per heavy atom. The van der Waals surface area contributed by atoms with Crippen molar-refractivity contribution in [3.05, 3.63) is 88.7 Å². The molecule has 5 nitrogen and oxygen atoms in total. The summed E-state index contributed by atoms with van der Waals surface area (Å²) in [4.78, 5) is 18.0. The van der Waals surface area contributed by atoms with Crippen LogP contribution in [-0.4, -0.2) is 23.3 Å². The topological polar surface area (TPSA) is 53.3 Å². The van der Waals surface area contributed by atoms with Crippen LogP contribution in [0.3, 0.4) is 0 Å². The van der Waals surface area contributed by atoms with Crippen molar-refractivity contribution in [1.82, 2.24) is 9.55 Å². The molecule has 0 aliphatic carbocycles. The van der Waals surface area contributed by atoms with Gasteiger partial charge in [0.2, 0.25) is 0 Å². The highest BCUT2D eigenvalue weighted by molar-refractivity contribution is 5.79. The summed E-state index contributed by atoms with van der Waals surface area (Å²) in [5, 5.41) is 0.620. The zero-order chi connectivity index (χ0) is 20.9. The highest BCUT2D eigenvalue weighted by Crippen LogP contribution is 2.22. The van der Waals surface area contributed by atoms with Crippen molar-refractivity contribution in [2.24, 2.45) is 0 Å². The van der Waals surface area contributed by atoms with E-state index in [4.69, 9.17) is 14.5 Å². The zero-order valence-corrected chi connectivity index (χ0v) is 17.2. The Kier molecular flexibility index (Phi) is 5.80. The van der Waals surface area contributed by atoms with Crippen molar-refractivity contribution < 1.29 is 9.47 Å². The fraction of sp³-hybridized carbons (Fsp3) is 0.200. The van der Waals surface area contributed by atoms with Crippen LogP contribution in [0.1, 0.15) is 12.0 Å². The summed E-state index contributed by atoms with van der Waals surface area (Å²) in [5.74, 6) is 2.25. The van der Waals surface area contributed by atoms with Crippen molar-refractivity contribution in [1.29, 1.82) is 0 Å². The molecule has 5 heteroatoms. The van der Waals surface area contributed by atoms with Gasteiger partial charge in [-0.05, 0) is 61.9 Å². The van der Waals surface area contributed by atoms with Crippen molar-refractivity contribution in [3.8, 4) is 22.9 Å². The van der Waals surface area contributed by atoms with E-state index in [9.17, 15) is 4.79 Å². The molecule has 0 atom stereocenters. The molecule has 0 unspecified atom stereocenters. The van der Waals surface area contributed by atoms with E-state index < -0.39 is 0 Å². The number of hydrogen-bond donors (Lipinski definition) is 0. The van der Waals surface area contributed by atoms with Crippen LogP contribution in [0.4, 0.5) is 0 Å². The summed E-state index contributed by atoms with van der Waals surface area (Å²) >= 11 is 0. The molecule has 3 aromatic carbocycles. The average molecular weight is 400 g/mol. The molecule has 4 aromatic rings. The maximum absolute atomic E-state index is 13.2. The molecule has 152 valence electrons. The molecular formula is C25H24N2O3. The van der Waals surface area contributed by atoms with Crippen LogP contribution >= 0.6 is 0 Å². The van der Waals surface area contributed by atoms with Gasteiger partial charge in [-0.2, -0.15) is 0 Å². The maximum atomic E-state index is 13.2. The molecule has 0 aliphatic rings. The third kappa shape index (κ3) is 4.20. The number of rotatable bonds is 7. The van der Waals surface area contributed by atoms with E-state index in [2.05, 4.69) is 0 Å². The van der Waals surface area contributed by atoms with Crippen molar-refractivity contribution in [3.63, 3.8) is 0 Å². The Labute approximate surface area is 175 Å². The van der Waals surface area contributed by atoms with Gasteiger partial charge in [0.1, 0.15) is 17.3 Å². The fourth-order valence-corrected chi connectivity index (χ4v) is 3.38. The predicted octanol–water partition coefficient (Wildman–Crippen LogP) is 4.85. The molecule has 1 heterocycles. The number of nitrogens with zero attached hydrogens (tertiary/aromatic N) is 2. The van der Waals surface area contributed by atoms with E-state index in [0.29, 0.717) is 36.3 Å². The van der Waals surface area contributed by atoms with E-state index in [1.165, 1.54) is 5.56 Å². The van der Waals surface area contributed by atoms with Crippen molar-refractivity contribution in [2.75, 3.05) is 13.7 Å². The minimum Gasteiger partial charge on any atom is -0.497 e. The van der Waals surface area contributed by atoms with E-state index in [-0.39, 0.29) is 5.56 Å².